The van der Waals surface area contributed by atoms with Crippen LogP contribution in [0.15, 0.2) is 50.4 Å². The third-order valence-corrected chi connectivity index (χ3v) is 1.77. The molecule has 3 heteroatoms. The first kappa shape index (κ1) is 7.73. The summed E-state index contributed by atoms with van der Waals surface area (Å²) in [6.45, 7) is 0. The minimum Gasteiger partial charge on any atom is -0.386 e. The van der Waals surface area contributed by atoms with Gasteiger partial charge in [-0.05, 0) is 17.5 Å². The zero-order valence-corrected chi connectivity index (χ0v) is 6.69. The van der Waals surface area contributed by atoms with Gasteiger partial charge in [0.15, 0.2) is 0 Å². The summed E-state index contributed by atoms with van der Waals surface area (Å²) in [6, 6.07) is 9.72. The molecule has 1 aromatic carbocycles. The number of rotatable bonds is 0. The van der Waals surface area contributed by atoms with E-state index >= 15 is 0 Å². The Kier molecular flexibility index (Phi) is 1.70. The maximum Gasteiger partial charge on any atom is 0.346 e. The van der Waals surface area contributed by atoms with Gasteiger partial charge in [0.25, 0.3) is 0 Å². The molecule has 0 amide bonds. The zero-order chi connectivity index (χ0) is 9.26. The van der Waals surface area contributed by atoms with Crippen molar-refractivity contribution in [3.05, 3.63) is 57.2 Å². The maximum absolute atomic E-state index is 11.2. The highest BCUT2D eigenvalue weighted by Crippen LogP contribution is 2.05. The molecule has 2 aromatic rings. The summed E-state index contributed by atoms with van der Waals surface area (Å²) in [6.07, 6.45) is 0. The van der Waals surface area contributed by atoms with Gasteiger partial charge in [-0.3, -0.25) is 0 Å². The van der Waals surface area contributed by atoms with Gasteiger partial charge in [0.2, 0.25) is 0 Å². The van der Waals surface area contributed by atoms with Crippen LogP contribution in [-0.2, 0) is 0 Å². The molecule has 13 heavy (non-hydrogen) atoms. The van der Waals surface area contributed by atoms with Gasteiger partial charge in [-0.1, -0.05) is 18.2 Å². The molecule has 0 saturated heterocycles. The van der Waals surface area contributed by atoms with Crippen LogP contribution < -0.4 is 11.3 Å². The Morgan fingerprint density at radius 3 is 2.54 bits per heavy atom. The minimum absolute atomic E-state index is 0.421. The largest absolute Gasteiger partial charge is 0.386 e. The van der Waals surface area contributed by atoms with Gasteiger partial charge >= 0.3 is 11.3 Å². The van der Waals surface area contributed by atoms with E-state index in [-0.39, 0.29) is 0 Å². The number of benzene rings is 1. The van der Waals surface area contributed by atoms with E-state index in [1.54, 1.807) is 30.3 Å². The molecule has 0 aliphatic carbocycles. The predicted octanol–water partition coefficient (Wildman–Crippen LogP) is 1.15. The molecule has 0 bridgehead atoms. The highest BCUT2D eigenvalue weighted by Gasteiger charge is 1.96. The first-order valence-corrected chi connectivity index (χ1v) is 3.80. The molecule has 0 saturated carbocycles. The number of hydrogen-bond donors (Lipinski definition) is 0. The molecule has 64 valence electrons. The average molecular weight is 174 g/mol. The van der Waals surface area contributed by atoms with Crippen molar-refractivity contribution in [3.8, 4) is 0 Å². The standard InChI is InChI=1S/C10H6O3/c11-9-6-5-7-3-1-2-4-8(7)10(12)13-9/h1-6H. The summed E-state index contributed by atoms with van der Waals surface area (Å²) in [5.41, 5.74) is -1.22. The summed E-state index contributed by atoms with van der Waals surface area (Å²) >= 11 is 0. The van der Waals surface area contributed by atoms with Crippen LogP contribution in [0.5, 0.6) is 0 Å². The fourth-order valence-corrected chi connectivity index (χ4v) is 1.17. The summed E-state index contributed by atoms with van der Waals surface area (Å²) in [5, 5.41) is 1.13. The summed E-state index contributed by atoms with van der Waals surface area (Å²) in [5.74, 6) is 0. The molecule has 2 rings (SSSR count). The van der Waals surface area contributed by atoms with Crippen LogP contribution in [0.3, 0.4) is 0 Å². The molecule has 1 aromatic heterocycles. The number of fused-ring (bicyclic) bond motifs is 1. The van der Waals surface area contributed by atoms with Crippen LogP contribution in [0.25, 0.3) is 10.8 Å². The van der Waals surface area contributed by atoms with E-state index in [9.17, 15) is 9.59 Å². The van der Waals surface area contributed by atoms with Gasteiger partial charge in [0, 0.05) is 6.07 Å². The molecule has 0 aliphatic heterocycles. The lowest BCUT2D eigenvalue weighted by molar-refractivity contribution is 0.485. The van der Waals surface area contributed by atoms with E-state index in [1.165, 1.54) is 6.07 Å². The molecule has 0 atom stereocenters. The zero-order valence-electron chi connectivity index (χ0n) is 6.69. The Labute approximate surface area is 73.3 Å². The van der Waals surface area contributed by atoms with E-state index in [4.69, 9.17) is 0 Å². The first-order valence-electron chi connectivity index (χ1n) is 3.80. The Hall–Kier alpha value is -1.90. The van der Waals surface area contributed by atoms with Crippen molar-refractivity contribution in [2.45, 2.75) is 0 Å². The van der Waals surface area contributed by atoms with Crippen molar-refractivity contribution >= 4 is 10.8 Å². The first-order chi connectivity index (χ1) is 6.27. The molecule has 3 nitrogen and oxygen atoms in total. The Morgan fingerprint density at radius 1 is 0.923 bits per heavy atom. The van der Waals surface area contributed by atoms with E-state index < -0.39 is 11.3 Å². The van der Waals surface area contributed by atoms with Crippen molar-refractivity contribution in [1.29, 1.82) is 0 Å². The summed E-state index contributed by atoms with van der Waals surface area (Å²) in [4.78, 5) is 22.1. The maximum atomic E-state index is 11.2. The third kappa shape index (κ3) is 1.36. The van der Waals surface area contributed by atoms with E-state index in [0.717, 1.165) is 0 Å². The molecule has 0 radical (unpaired) electrons. The molecule has 0 spiro atoms. The third-order valence-electron chi connectivity index (χ3n) is 1.77. The lowest BCUT2D eigenvalue weighted by Crippen LogP contribution is -2.03. The van der Waals surface area contributed by atoms with Crippen molar-refractivity contribution in [1.82, 2.24) is 0 Å². The quantitative estimate of drug-likeness (QED) is 0.602. The van der Waals surface area contributed by atoms with Crippen molar-refractivity contribution in [2.75, 3.05) is 0 Å². The van der Waals surface area contributed by atoms with Crippen LogP contribution in [0.4, 0.5) is 0 Å². The number of hydrogen-bond acceptors (Lipinski definition) is 3. The molecule has 1 heterocycles. The summed E-state index contributed by atoms with van der Waals surface area (Å²) < 4.78 is 4.47. The van der Waals surface area contributed by atoms with Gasteiger partial charge in [-0.2, -0.15) is 0 Å². The molecular weight excluding hydrogens is 168 g/mol. The van der Waals surface area contributed by atoms with E-state index in [2.05, 4.69) is 4.42 Å². The van der Waals surface area contributed by atoms with Crippen molar-refractivity contribution in [3.63, 3.8) is 0 Å². The fraction of sp³-hybridized carbons (Fsp3) is 0. The molecule has 0 fully saturated rings. The Bertz CT molecular complexity index is 554. The van der Waals surface area contributed by atoms with Gasteiger partial charge in [0.05, 0.1) is 5.39 Å². The smallest absolute Gasteiger partial charge is 0.346 e. The van der Waals surface area contributed by atoms with E-state index in [1.807, 2.05) is 0 Å². The summed E-state index contributed by atoms with van der Waals surface area (Å²) in [7, 11) is 0. The highest BCUT2D eigenvalue weighted by atomic mass is 16.4. The van der Waals surface area contributed by atoms with Crippen LogP contribution >= 0.6 is 0 Å². The molecule has 0 N–H and O–H groups in total. The lowest BCUT2D eigenvalue weighted by atomic mass is 10.2. The fourth-order valence-electron chi connectivity index (χ4n) is 1.17. The lowest BCUT2D eigenvalue weighted by Gasteiger charge is -1.85. The second-order valence-corrected chi connectivity index (χ2v) is 2.63. The van der Waals surface area contributed by atoms with Crippen LogP contribution in [-0.4, -0.2) is 0 Å². The molecule has 0 unspecified atom stereocenters. The van der Waals surface area contributed by atoms with Crippen molar-refractivity contribution in [2.24, 2.45) is 0 Å². The van der Waals surface area contributed by atoms with Crippen LogP contribution in [0.1, 0.15) is 0 Å². The van der Waals surface area contributed by atoms with Gasteiger partial charge in [-0.25, -0.2) is 9.59 Å². The monoisotopic (exact) mass is 174 g/mol. The topological polar surface area (TPSA) is 47.3 Å². The Balaban J connectivity index is 3.11. The molecule has 0 aliphatic rings. The van der Waals surface area contributed by atoms with Crippen LogP contribution in [0, 0.1) is 0 Å². The van der Waals surface area contributed by atoms with Crippen molar-refractivity contribution < 1.29 is 4.42 Å². The second-order valence-electron chi connectivity index (χ2n) is 2.63. The molecular formula is C10H6O3. The van der Waals surface area contributed by atoms with Gasteiger partial charge in [0.1, 0.15) is 0 Å². The van der Waals surface area contributed by atoms with Crippen LogP contribution in [0.2, 0.25) is 0 Å². The highest BCUT2D eigenvalue weighted by molar-refractivity contribution is 5.80. The second kappa shape index (κ2) is 2.86. The van der Waals surface area contributed by atoms with E-state index in [0.29, 0.717) is 10.8 Å². The predicted molar refractivity (Wildman–Crippen MR) is 48.8 cm³/mol. The average Bonchev–Trinajstić information content (AvgIpc) is 2.27. The SMILES string of the molecule is O=c1ccc2ccccc2c(=O)o1. The normalized spacial score (nSPS) is 10.2. The minimum atomic E-state index is -0.624. The Morgan fingerprint density at radius 2 is 1.69 bits per heavy atom. The van der Waals surface area contributed by atoms with Gasteiger partial charge in [-0.15, -0.1) is 0 Å². The van der Waals surface area contributed by atoms with Gasteiger partial charge < -0.3 is 4.42 Å².